The summed E-state index contributed by atoms with van der Waals surface area (Å²) < 4.78 is 15.0. The van der Waals surface area contributed by atoms with Crippen molar-refractivity contribution in [3.05, 3.63) is 35.6 Å². The molecule has 0 aromatic heterocycles. The fourth-order valence-corrected chi connectivity index (χ4v) is 2.27. The average molecular weight is 211 g/mol. The van der Waals surface area contributed by atoms with Gasteiger partial charge in [-0.05, 0) is 36.5 Å². The highest BCUT2D eigenvalue weighted by Crippen LogP contribution is 2.28. The van der Waals surface area contributed by atoms with Crippen LogP contribution in [0.3, 0.4) is 0 Å². The second-order valence-corrected chi connectivity index (χ2v) is 4.59. The van der Waals surface area contributed by atoms with E-state index >= 15 is 0 Å². The molecule has 3 heteroatoms. The molecular formula is C11H15FNP. The highest BCUT2D eigenvalue weighted by Gasteiger charge is 2.17. The Bertz CT molecular complexity index is 291. The van der Waals surface area contributed by atoms with E-state index in [-0.39, 0.29) is 5.82 Å². The fraction of sp³-hybridized carbons (Fsp3) is 0.455. The van der Waals surface area contributed by atoms with Crippen molar-refractivity contribution in [2.24, 2.45) is 0 Å². The number of piperidine rings is 1. The minimum atomic E-state index is -0.141. The highest BCUT2D eigenvalue weighted by molar-refractivity contribution is 7.13. The Morgan fingerprint density at radius 3 is 2.29 bits per heavy atom. The molecule has 1 nitrogen and oxygen atoms in total. The third kappa shape index (κ3) is 2.31. The molecule has 1 unspecified atom stereocenters. The van der Waals surface area contributed by atoms with Gasteiger partial charge in [-0.3, -0.25) is 4.67 Å². The van der Waals surface area contributed by atoms with Gasteiger partial charge in [0.1, 0.15) is 5.82 Å². The Morgan fingerprint density at radius 2 is 1.71 bits per heavy atom. The summed E-state index contributed by atoms with van der Waals surface area (Å²) in [7, 11) is 2.74. The van der Waals surface area contributed by atoms with E-state index in [2.05, 4.69) is 14.1 Å². The van der Waals surface area contributed by atoms with Gasteiger partial charge in [-0.2, -0.15) is 0 Å². The fourth-order valence-electron chi connectivity index (χ4n) is 1.97. The van der Waals surface area contributed by atoms with E-state index in [4.69, 9.17) is 0 Å². The summed E-state index contributed by atoms with van der Waals surface area (Å²) in [5.41, 5.74) is 1.28. The first-order valence-electron chi connectivity index (χ1n) is 5.01. The number of nitrogens with zero attached hydrogens (tertiary/aromatic N) is 1. The molecule has 0 saturated carbocycles. The lowest BCUT2D eigenvalue weighted by Gasteiger charge is -2.28. The van der Waals surface area contributed by atoms with Gasteiger partial charge in [0.25, 0.3) is 0 Å². The predicted octanol–water partition coefficient (Wildman–Crippen LogP) is 2.80. The summed E-state index contributed by atoms with van der Waals surface area (Å²) in [6.07, 6.45) is 2.35. The van der Waals surface area contributed by atoms with E-state index in [9.17, 15) is 4.39 Å². The maximum absolute atomic E-state index is 12.7. The summed E-state index contributed by atoms with van der Waals surface area (Å²) in [5, 5.41) is 0. The summed E-state index contributed by atoms with van der Waals surface area (Å²) in [5.74, 6) is 0.477. The van der Waals surface area contributed by atoms with Crippen LogP contribution in [0.5, 0.6) is 0 Å². The zero-order chi connectivity index (χ0) is 9.97. The van der Waals surface area contributed by atoms with Crippen LogP contribution in [0.2, 0.25) is 0 Å². The van der Waals surface area contributed by atoms with Crippen molar-refractivity contribution in [1.29, 1.82) is 0 Å². The predicted molar refractivity (Wildman–Crippen MR) is 59.7 cm³/mol. The Kier molecular flexibility index (Phi) is 3.15. The Labute approximate surface area is 86.6 Å². The zero-order valence-electron chi connectivity index (χ0n) is 8.12. The number of hydrogen-bond acceptors (Lipinski definition) is 1. The molecule has 14 heavy (non-hydrogen) atoms. The van der Waals surface area contributed by atoms with Crippen molar-refractivity contribution in [2.75, 3.05) is 13.1 Å². The highest BCUT2D eigenvalue weighted by atomic mass is 31.0. The molecule has 2 rings (SSSR count). The smallest absolute Gasteiger partial charge is 0.123 e. The third-order valence-electron chi connectivity index (χ3n) is 2.87. The second kappa shape index (κ2) is 4.37. The second-order valence-electron chi connectivity index (χ2n) is 3.86. The molecule has 1 atom stereocenters. The Morgan fingerprint density at radius 1 is 1.14 bits per heavy atom. The molecule has 0 amide bonds. The van der Waals surface area contributed by atoms with Crippen LogP contribution in [0.1, 0.15) is 24.3 Å². The van der Waals surface area contributed by atoms with Crippen LogP contribution in [0.15, 0.2) is 24.3 Å². The molecule has 1 fully saturated rings. The molecule has 1 heterocycles. The topological polar surface area (TPSA) is 3.24 Å². The maximum atomic E-state index is 12.7. The first-order chi connectivity index (χ1) is 6.75. The van der Waals surface area contributed by atoms with Gasteiger partial charge >= 0.3 is 0 Å². The number of hydrogen-bond donors (Lipinski definition) is 0. The molecule has 0 radical (unpaired) electrons. The van der Waals surface area contributed by atoms with Crippen LogP contribution >= 0.6 is 9.39 Å². The molecule has 0 N–H and O–H groups in total. The van der Waals surface area contributed by atoms with Gasteiger partial charge < -0.3 is 0 Å². The quantitative estimate of drug-likeness (QED) is 0.645. The van der Waals surface area contributed by atoms with E-state index in [0.29, 0.717) is 5.92 Å². The molecule has 76 valence electrons. The van der Waals surface area contributed by atoms with Crippen molar-refractivity contribution in [3.8, 4) is 0 Å². The van der Waals surface area contributed by atoms with E-state index in [0.717, 1.165) is 13.1 Å². The standard InChI is InChI=1S/C11H15FNP/c12-11-3-1-9(2-4-11)10-5-7-13(14)8-6-10/h1-4,10H,5-8,14H2. The molecule has 0 spiro atoms. The van der Waals surface area contributed by atoms with E-state index < -0.39 is 0 Å². The van der Waals surface area contributed by atoms with Gasteiger partial charge in [0, 0.05) is 13.1 Å². The van der Waals surface area contributed by atoms with Gasteiger partial charge in [0.05, 0.1) is 0 Å². The van der Waals surface area contributed by atoms with Crippen molar-refractivity contribution >= 4 is 9.39 Å². The molecule has 0 aliphatic carbocycles. The zero-order valence-corrected chi connectivity index (χ0v) is 9.27. The van der Waals surface area contributed by atoms with Gasteiger partial charge in [-0.25, -0.2) is 4.39 Å². The summed E-state index contributed by atoms with van der Waals surface area (Å²) >= 11 is 0. The van der Waals surface area contributed by atoms with Crippen LogP contribution < -0.4 is 0 Å². The molecule has 1 aromatic carbocycles. The molecule has 1 aliphatic rings. The molecule has 0 bridgehead atoms. The van der Waals surface area contributed by atoms with Gasteiger partial charge in [-0.15, -0.1) is 0 Å². The van der Waals surface area contributed by atoms with E-state index in [1.807, 2.05) is 12.1 Å². The van der Waals surface area contributed by atoms with Crippen LogP contribution in [-0.2, 0) is 0 Å². The summed E-state index contributed by atoms with van der Waals surface area (Å²) in [6, 6.07) is 6.95. The number of rotatable bonds is 1. The van der Waals surface area contributed by atoms with Gasteiger partial charge in [0.2, 0.25) is 0 Å². The molecule has 1 aromatic rings. The minimum absolute atomic E-state index is 0.141. The normalized spacial score (nSPS) is 19.9. The average Bonchev–Trinajstić information content (AvgIpc) is 2.21. The van der Waals surface area contributed by atoms with Crippen molar-refractivity contribution < 1.29 is 4.39 Å². The minimum Gasteiger partial charge on any atom is -0.287 e. The molecular weight excluding hydrogens is 196 g/mol. The van der Waals surface area contributed by atoms with Crippen molar-refractivity contribution in [2.45, 2.75) is 18.8 Å². The summed E-state index contributed by atoms with van der Waals surface area (Å²) in [4.78, 5) is 0. The molecule has 1 saturated heterocycles. The SMILES string of the molecule is Fc1ccc(C2CCN(P)CC2)cc1. The van der Waals surface area contributed by atoms with Crippen molar-refractivity contribution in [1.82, 2.24) is 4.67 Å². The lowest BCUT2D eigenvalue weighted by Crippen LogP contribution is -2.24. The Balaban J connectivity index is 2.05. The van der Waals surface area contributed by atoms with Gasteiger partial charge in [-0.1, -0.05) is 21.5 Å². The lowest BCUT2D eigenvalue weighted by atomic mass is 9.90. The maximum Gasteiger partial charge on any atom is 0.123 e. The monoisotopic (exact) mass is 211 g/mol. The first kappa shape index (κ1) is 10.1. The van der Waals surface area contributed by atoms with Crippen LogP contribution in [0.4, 0.5) is 4.39 Å². The lowest BCUT2D eigenvalue weighted by molar-refractivity contribution is 0.345. The number of benzene rings is 1. The van der Waals surface area contributed by atoms with Crippen LogP contribution in [-0.4, -0.2) is 17.8 Å². The Hall–Kier alpha value is -0.460. The first-order valence-corrected chi connectivity index (χ1v) is 5.52. The third-order valence-corrected chi connectivity index (χ3v) is 3.39. The molecule has 1 aliphatic heterocycles. The van der Waals surface area contributed by atoms with E-state index in [1.54, 1.807) is 12.1 Å². The van der Waals surface area contributed by atoms with Gasteiger partial charge in [0.15, 0.2) is 0 Å². The van der Waals surface area contributed by atoms with Crippen molar-refractivity contribution in [3.63, 3.8) is 0 Å². The number of halogens is 1. The van der Waals surface area contributed by atoms with E-state index in [1.165, 1.54) is 18.4 Å². The van der Waals surface area contributed by atoms with Crippen LogP contribution in [0, 0.1) is 5.82 Å². The summed E-state index contributed by atoms with van der Waals surface area (Å²) in [6.45, 7) is 2.24. The van der Waals surface area contributed by atoms with Crippen LogP contribution in [0.25, 0.3) is 0 Å². The largest absolute Gasteiger partial charge is 0.287 e.